The van der Waals surface area contributed by atoms with Crippen molar-refractivity contribution < 1.29 is 13.9 Å². The molecular weight excluding hydrogens is 451 g/mol. The molecule has 4 rings (SSSR count). The van der Waals surface area contributed by atoms with Gasteiger partial charge in [-0.25, -0.2) is 4.39 Å². The number of hydrogen-bond acceptors (Lipinski definition) is 5. The molecule has 0 fully saturated rings. The van der Waals surface area contributed by atoms with Gasteiger partial charge in [-0.1, -0.05) is 53.7 Å². The number of carbonyl (C=O) groups is 1. The molecule has 174 valence electrons. The van der Waals surface area contributed by atoms with Gasteiger partial charge in [-0.3, -0.25) is 9.36 Å². The average Bonchev–Trinajstić information content (AvgIpc) is 3.27. The summed E-state index contributed by atoms with van der Waals surface area (Å²) >= 11 is 1.30. The van der Waals surface area contributed by atoms with Gasteiger partial charge in [0.25, 0.3) is 0 Å². The summed E-state index contributed by atoms with van der Waals surface area (Å²) in [6.07, 6.45) is 0. The minimum absolute atomic E-state index is 0.149. The summed E-state index contributed by atoms with van der Waals surface area (Å²) in [6, 6.07) is 20.5. The van der Waals surface area contributed by atoms with Crippen molar-refractivity contribution in [2.75, 3.05) is 12.9 Å². The van der Waals surface area contributed by atoms with E-state index in [1.165, 1.54) is 17.8 Å². The van der Waals surface area contributed by atoms with Gasteiger partial charge in [-0.05, 0) is 55.3 Å². The highest BCUT2D eigenvalue weighted by molar-refractivity contribution is 7.99. The SMILES string of the molecule is COc1ccccc1-c1nnc(SCC(=O)NCc2ccc(F)c(C)c2)n1-c1ccc(C)cc1. The highest BCUT2D eigenvalue weighted by Crippen LogP contribution is 2.33. The Morgan fingerprint density at radius 1 is 1.06 bits per heavy atom. The fourth-order valence-corrected chi connectivity index (χ4v) is 4.27. The lowest BCUT2D eigenvalue weighted by molar-refractivity contribution is -0.118. The zero-order chi connectivity index (χ0) is 24.1. The molecular formula is C26H25FN4O2S. The summed E-state index contributed by atoms with van der Waals surface area (Å²) in [6.45, 7) is 4.06. The molecule has 1 heterocycles. The van der Waals surface area contributed by atoms with Gasteiger partial charge in [0.1, 0.15) is 11.6 Å². The van der Waals surface area contributed by atoms with Crippen LogP contribution in [0.15, 0.2) is 71.9 Å². The molecule has 0 bridgehead atoms. The van der Waals surface area contributed by atoms with Crippen molar-refractivity contribution in [2.24, 2.45) is 0 Å². The van der Waals surface area contributed by atoms with Crippen LogP contribution in [-0.2, 0) is 11.3 Å². The second-order valence-corrected chi connectivity index (χ2v) is 8.77. The van der Waals surface area contributed by atoms with Crippen LogP contribution in [0.25, 0.3) is 17.1 Å². The summed E-state index contributed by atoms with van der Waals surface area (Å²) in [4.78, 5) is 12.5. The standard InChI is InChI=1S/C26H25FN4O2S/c1-17-8-11-20(12-9-17)31-25(21-6-4-5-7-23(21)33-3)29-30-26(31)34-16-24(32)28-15-19-10-13-22(27)18(2)14-19/h4-14H,15-16H2,1-3H3,(H,28,32). The molecule has 1 amide bonds. The quantitative estimate of drug-likeness (QED) is 0.358. The van der Waals surface area contributed by atoms with Crippen molar-refractivity contribution in [2.45, 2.75) is 25.5 Å². The first-order valence-corrected chi connectivity index (χ1v) is 11.7. The monoisotopic (exact) mass is 476 g/mol. The Kier molecular flexibility index (Phi) is 7.27. The number of halogens is 1. The van der Waals surface area contributed by atoms with Crippen LogP contribution >= 0.6 is 11.8 Å². The van der Waals surface area contributed by atoms with Crippen molar-refractivity contribution >= 4 is 17.7 Å². The van der Waals surface area contributed by atoms with Crippen molar-refractivity contribution in [3.05, 3.63) is 89.2 Å². The molecule has 1 aromatic heterocycles. The van der Waals surface area contributed by atoms with Gasteiger partial charge in [-0.15, -0.1) is 10.2 Å². The largest absolute Gasteiger partial charge is 0.496 e. The smallest absolute Gasteiger partial charge is 0.230 e. The van der Waals surface area contributed by atoms with Crippen LogP contribution < -0.4 is 10.1 Å². The Labute approximate surface area is 202 Å². The summed E-state index contributed by atoms with van der Waals surface area (Å²) < 4.78 is 20.9. The van der Waals surface area contributed by atoms with Crippen LogP contribution in [0.1, 0.15) is 16.7 Å². The molecule has 0 aliphatic heterocycles. The number of methoxy groups -OCH3 is 1. The molecule has 8 heteroatoms. The molecule has 34 heavy (non-hydrogen) atoms. The normalized spacial score (nSPS) is 10.8. The number of rotatable bonds is 8. The van der Waals surface area contributed by atoms with E-state index >= 15 is 0 Å². The minimum Gasteiger partial charge on any atom is -0.496 e. The second-order valence-electron chi connectivity index (χ2n) is 7.83. The minimum atomic E-state index is -0.257. The number of aryl methyl sites for hydroxylation is 2. The number of thioether (sulfide) groups is 1. The molecule has 0 radical (unpaired) electrons. The third-order valence-corrected chi connectivity index (χ3v) is 6.25. The summed E-state index contributed by atoms with van der Waals surface area (Å²) in [5.74, 6) is 1.07. The van der Waals surface area contributed by atoms with Crippen LogP contribution in [-0.4, -0.2) is 33.5 Å². The molecule has 0 saturated carbocycles. The van der Waals surface area contributed by atoms with Crippen LogP contribution in [0.3, 0.4) is 0 Å². The van der Waals surface area contributed by atoms with Gasteiger partial charge < -0.3 is 10.1 Å². The maximum atomic E-state index is 13.5. The number of nitrogens with one attached hydrogen (secondary N) is 1. The van der Waals surface area contributed by atoms with Crippen LogP contribution in [0.2, 0.25) is 0 Å². The number of para-hydroxylation sites is 1. The van der Waals surface area contributed by atoms with Gasteiger partial charge in [0.2, 0.25) is 5.91 Å². The first-order valence-electron chi connectivity index (χ1n) is 10.8. The van der Waals surface area contributed by atoms with Gasteiger partial charge in [-0.2, -0.15) is 0 Å². The van der Waals surface area contributed by atoms with E-state index in [-0.39, 0.29) is 17.5 Å². The summed E-state index contributed by atoms with van der Waals surface area (Å²) in [5, 5.41) is 12.3. The molecule has 4 aromatic rings. The molecule has 0 spiro atoms. The third kappa shape index (κ3) is 5.28. The Balaban J connectivity index is 1.55. The second kappa shape index (κ2) is 10.5. The third-order valence-electron chi connectivity index (χ3n) is 5.32. The number of amides is 1. The average molecular weight is 477 g/mol. The topological polar surface area (TPSA) is 69.0 Å². The van der Waals surface area contributed by atoms with Crippen LogP contribution in [0, 0.1) is 19.7 Å². The van der Waals surface area contributed by atoms with E-state index in [4.69, 9.17) is 4.74 Å². The molecule has 0 aliphatic carbocycles. The lowest BCUT2D eigenvalue weighted by Gasteiger charge is -2.13. The Morgan fingerprint density at radius 3 is 2.56 bits per heavy atom. The van der Waals surface area contributed by atoms with Crippen molar-refractivity contribution in [3.8, 4) is 22.8 Å². The zero-order valence-electron chi connectivity index (χ0n) is 19.2. The van der Waals surface area contributed by atoms with Crippen molar-refractivity contribution in [1.29, 1.82) is 0 Å². The summed E-state index contributed by atoms with van der Waals surface area (Å²) in [7, 11) is 1.62. The predicted octanol–water partition coefficient (Wildman–Crippen LogP) is 5.11. The maximum absolute atomic E-state index is 13.5. The fraction of sp³-hybridized carbons (Fsp3) is 0.192. The molecule has 0 saturated heterocycles. The molecule has 6 nitrogen and oxygen atoms in total. The van der Waals surface area contributed by atoms with E-state index in [2.05, 4.69) is 15.5 Å². The highest BCUT2D eigenvalue weighted by atomic mass is 32.2. The number of carbonyl (C=O) groups excluding carboxylic acids is 1. The van der Waals surface area contributed by atoms with Gasteiger partial charge in [0, 0.05) is 12.2 Å². The van der Waals surface area contributed by atoms with Gasteiger partial charge in [0.15, 0.2) is 11.0 Å². The Morgan fingerprint density at radius 2 is 1.82 bits per heavy atom. The molecule has 0 unspecified atom stereocenters. The van der Waals surface area contributed by atoms with E-state index in [0.29, 0.717) is 28.8 Å². The fourth-order valence-electron chi connectivity index (χ4n) is 3.49. The Bertz CT molecular complexity index is 1300. The van der Waals surface area contributed by atoms with Crippen LogP contribution in [0.4, 0.5) is 4.39 Å². The molecule has 0 atom stereocenters. The zero-order valence-corrected chi connectivity index (χ0v) is 20.0. The maximum Gasteiger partial charge on any atom is 0.230 e. The lowest BCUT2D eigenvalue weighted by atomic mass is 10.1. The van der Waals surface area contributed by atoms with E-state index in [1.54, 1.807) is 26.2 Å². The van der Waals surface area contributed by atoms with Crippen molar-refractivity contribution in [3.63, 3.8) is 0 Å². The van der Waals surface area contributed by atoms with Gasteiger partial charge >= 0.3 is 0 Å². The summed E-state index contributed by atoms with van der Waals surface area (Å²) in [5.41, 5.74) is 4.23. The van der Waals surface area contributed by atoms with E-state index in [0.717, 1.165) is 22.4 Å². The van der Waals surface area contributed by atoms with E-state index in [9.17, 15) is 9.18 Å². The van der Waals surface area contributed by atoms with Crippen molar-refractivity contribution in [1.82, 2.24) is 20.1 Å². The number of aromatic nitrogens is 3. The molecule has 3 aromatic carbocycles. The Hall–Kier alpha value is -3.65. The number of benzene rings is 3. The van der Waals surface area contributed by atoms with E-state index in [1.807, 2.05) is 60.0 Å². The lowest BCUT2D eigenvalue weighted by Crippen LogP contribution is -2.24. The molecule has 1 N–H and O–H groups in total. The predicted molar refractivity (Wildman–Crippen MR) is 132 cm³/mol. The van der Waals surface area contributed by atoms with Crippen LogP contribution in [0.5, 0.6) is 5.75 Å². The first kappa shape index (κ1) is 23.5. The van der Waals surface area contributed by atoms with E-state index < -0.39 is 0 Å². The number of ether oxygens (including phenoxy) is 1. The highest BCUT2D eigenvalue weighted by Gasteiger charge is 2.19. The van der Waals surface area contributed by atoms with Gasteiger partial charge in [0.05, 0.1) is 18.4 Å². The first-order chi connectivity index (χ1) is 16.5. The number of nitrogens with zero attached hydrogens (tertiary/aromatic N) is 3. The number of hydrogen-bond donors (Lipinski definition) is 1. The molecule has 0 aliphatic rings.